The minimum absolute atomic E-state index is 0.762. The summed E-state index contributed by atoms with van der Waals surface area (Å²) in [6.45, 7) is 11.3. The van der Waals surface area contributed by atoms with Gasteiger partial charge in [0.1, 0.15) is 0 Å². The van der Waals surface area contributed by atoms with Gasteiger partial charge >= 0.3 is 0 Å². The van der Waals surface area contributed by atoms with Gasteiger partial charge < -0.3 is 9.16 Å². The molecule has 2 nitrogen and oxygen atoms in total. The van der Waals surface area contributed by atoms with Crippen molar-refractivity contribution >= 4 is 8.32 Å². The van der Waals surface area contributed by atoms with Crippen LogP contribution in [-0.4, -0.2) is 28.1 Å². The molecule has 92 valence electrons. The predicted octanol–water partition coefficient (Wildman–Crippen LogP) is 3.82. The van der Waals surface area contributed by atoms with E-state index in [0.29, 0.717) is 0 Å². The standard InChI is InChI=1S/C12H28O2Si/c1-5-6-7-8-9-10-13-11-12-14-15(2,3)4/h5-12H2,1-4H3. The van der Waals surface area contributed by atoms with Crippen molar-refractivity contribution < 1.29 is 9.16 Å². The van der Waals surface area contributed by atoms with Crippen molar-refractivity contribution in [2.45, 2.75) is 58.7 Å². The van der Waals surface area contributed by atoms with E-state index in [2.05, 4.69) is 26.6 Å². The van der Waals surface area contributed by atoms with E-state index in [1.165, 1.54) is 32.1 Å². The van der Waals surface area contributed by atoms with Gasteiger partial charge in [0.25, 0.3) is 0 Å². The third-order valence-electron chi connectivity index (χ3n) is 2.15. The molecule has 0 spiro atoms. The average Bonchev–Trinajstić information content (AvgIpc) is 2.14. The molecule has 0 aromatic heterocycles. The Kier molecular flexibility index (Phi) is 9.45. The summed E-state index contributed by atoms with van der Waals surface area (Å²) in [5.74, 6) is 0. The Morgan fingerprint density at radius 1 is 0.800 bits per heavy atom. The van der Waals surface area contributed by atoms with E-state index in [0.717, 1.165) is 19.8 Å². The molecule has 0 atom stereocenters. The molecule has 0 rings (SSSR count). The molecule has 0 saturated carbocycles. The van der Waals surface area contributed by atoms with Gasteiger partial charge in [0.05, 0.1) is 13.2 Å². The first-order valence-electron chi connectivity index (χ1n) is 6.28. The van der Waals surface area contributed by atoms with Gasteiger partial charge in [0.2, 0.25) is 0 Å². The Hall–Kier alpha value is 0.137. The third kappa shape index (κ3) is 14.1. The molecule has 0 bridgehead atoms. The second-order valence-electron chi connectivity index (χ2n) is 4.99. The maximum atomic E-state index is 5.69. The maximum Gasteiger partial charge on any atom is 0.183 e. The summed E-state index contributed by atoms with van der Waals surface area (Å²) in [5.41, 5.74) is 0. The van der Waals surface area contributed by atoms with Gasteiger partial charge in [-0.25, -0.2) is 0 Å². The van der Waals surface area contributed by atoms with E-state index in [1.54, 1.807) is 0 Å². The van der Waals surface area contributed by atoms with Crippen LogP contribution < -0.4 is 0 Å². The molecule has 0 aromatic carbocycles. The molecule has 0 amide bonds. The molecule has 15 heavy (non-hydrogen) atoms. The minimum atomic E-state index is -1.32. The SMILES string of the molecule is CCCCCCCOCCO[Si](C)(C)C. The van der Waals surface area contributed by atoms with E-state index in [1.807, 2.05) is 0 Å². The Bertz CT molecular complexity index is 132. The van der Waals surface area contributed by atoms with Crippen molar-refractivity contribution in [1.29, 1.82) is 0 Å². The van der Waals surface area contributed by atoms with Crippen LogP contribution in [0.4, 0.5) is 0 Å². The summed E-state index contributed by atoms with van der Waals surface area (Å²) in [5, 5.41) is 0. The Morgan fingerprint density at radius 3 is 2.07 bits per heavy atom. The zero-order valence-electron chi connectivity index (χ0n) is 11.0. The molecule has 0 N–H and O–H groups in total. The molecule has 0 aliphatic heterocycles. The van der Waals surface area contributed by atoms with Gasteiger partial charge in [-0.3, -0.25) is 0 Å². The molecule has 0 aromatic rings. The van der Waals surface area contributed by atoms with Gasteiger partial charge in [-0.15, -0.1) is 0 Å². The van der Waals surface area contributed by atoms with Crippen LogP contribution in [0.25, 0.3) is 0 Å². The number of rotatable bonds is 10. The summed E-state index contributed by atoms with van der Waals surface area (Å²) < 4.78 is 11.2. The van der Waals surface area contributed by atoms with Crippen LogP contribution >= 0.6 is 0 Å². The smallest absolute Gasteiger partial charge is 0.183 e. The van der Waals surface area contributed by atoms with Crippen molar-refractivity contribution in [2.24, 2.45) is 0 Å². The van der Waals surface area contributed by atoms with Gasteiger partial charge in [-0.05, 0) is 26.1 Å². The van der Waals surface area contributed by atoms with Crippen LogP contribution in [0.3, 0.4) is 0 Å². The van der Waals surface area contributed by atoms with Gasteiger partial charge in [-0.2, -0.15) is 0 Å². The summed E-state index contributed by atoms with van der Waals surface area (Å²) in [6.07, 6.45) is 6.53. The first-order valence-corrected chi connectivity index (χ1v) is 9.69. The third-order valence-corrected chi connectivity index (χ3v) is 3.23. The first-order chi connectivity index (χ1) is 7.06. The topological polar surface area (TPSA) is 18.5 Å². The lowest BCUT2D eigenvalue weighted by atomic mass is 10.2. The van der Waals surface area contributed by atoms with E-state index >= 15 is 0 Å². The lowest BCUT2D eigenvalue weighted by Crippen LogP contribution is -2.27. The van der Waals surface area contributed by atoms with Gasteiger partial charge in [-0.1, -0.05) is 32.6 Å². The van der Waals surface area contributed by atoms with E-state index in [4.69, 9.17) is 9.16 Å². The number of hydrogen-bond acceptors (Lipinski definition) is 2. The average molecular weight is 232 g/mol. The van der Waals surface area contributed by atoms with Crippen LogP contribution in [0, 0.1) is 0 Å². The Morgan fingerprint density at radius 2 is 1.47 bits per heavy atom. The highest BCUT2D eigenvalue weighted by Crippen LogP contribution is 2.03. The van der Waals surface area contributed by atoms with Gasteiger partial charge in [0, 0.05) is 6.61 Å². The van der Waals surface area contributed by atoms with Crippen molar-refractivity contribution in [1.82, 2.24) is 0 Å². The molecule has 0 saturated heterocycles. The molecule has 0 unspecified atom stereocenters. The van der Waals surface area contributed by atoms with E-state index < -0.39 is 8.32 Å². The van der Waals surface area contributed by atoms with Crippen molar-refractivity contribution in [3.05, 3.63) is 0 Å². The van der Waals surface area contributed by atoms with E-state index in [-0.39, 0.29) is 0 Å². The zero-order valence-corrected chi connectivity index (χ0v) is 12.0. The van der Waals surface area contributed by atoms with E-state index in [9.17, 15) is 0 Å². The van der Waals surface area contributed by atoms with Crippen LogP contribution in [0.2, 0.25) is 19.6 Å². The van der Waals surface area contributed by atoms with Crippen molar-refractivity contribution in [3.8, 4) is 0 Å². The number of ether oxygens (including phenoxy) is 1. The van der Waals surface area contributed by atoms with Crippen LogP contribution in [0.15, 0.2) is 0 Å². The monoisotopic (exact) mass is 232 g/mol. The molecule has 0 aliphatic carbocycles. The lowest BCUT2D eigenvalue weighted by molar-refractivity contribution is 0.0949. The van der Waals surface area contributed by atoms with Crippen LogP contribution in [-0.2, 0) is 9.16 Å². The van der Waals surface area contributed by atoms with Crippen molar-refractivity contribution in [3.63, 3.8) is 0 Å². The Balaban J connectivity index is 2.99. The fourth-order valence-corrected chi connectivity index (χ4v) is 2.01. The first kappa shape index (κ1) is 15.1. The van der Waals surface area contributed by atoms with Crippen LogP contribution in [0.1, 0.15) is 39.0 Å². The highest BCUT2D eigenvalue weighted by atomic mass is 28.4. The van der Waals surface area contributed by atoms with Crippen LogP contribution in [0.5, 0.6) is 0 Å². The van der Waals surface area contributed by atoms with Crippen molar-refractivity contribution in [2.75, 3.05) is 19.8 Å². The molecular weight excluding hydrogens is 204 g/mol. The van der Waals surface area contributed by atoms with Gasteiger partial charge in [0.15, 0.2) is 8.32 Å². The number of hydrogen-bond donors (Lipinski definition) is 0. The summed E-state index contributed by atoms with van der Waals surface area (Å²) in [7, 11) is -1.32. The molecule has 0 fully saturated rings. The second kappa shape index (κ2) is 9.37. The fraction of sp³-hybridized carbons (Fsp3) is 1.00. The highest BCUT2D eigenvalue weighted by Gasteiger charge is 2.12. The lowest BCUT2D eigenvalue weighted by Gasteiger charge is -2.16. The largest absolute Gasteiger partial charge is 0.415 e. The highest BCUT2D eigenvalue weighted by molar-refractivity contribution is 6.69. The normalized spacial score (nSPS) is 12.0. The summed E-state index contributed by atoms with van der Waals surface area (Å²) in [6, 6.07) is 0. The molecular formula is C12H28O2Si. The number of unbranched alkanes of at least 4 members (excludes halogenated alkanes) is 4. The molecule has 0 radical (unpaired) electrons. The molecule has 3 heteroatoms. The maximum absolute atomic E-state index is 5.69. The molecule has 0 aliphatic rings. The predicted molar refractivity (Wildman–Crippen MR) is 68.9 cm³/mol. The minimum Gasteiger partial charge on any atom is -0.415 e. The zero-order chi connectivity index (χ0) is 11.6. The quantitative estimate of drug-likeness (QED) is 0.421. The second-order valence-corrected chi connectivity index (χ2v) is 9.50. The summed E-state index contributed by atoms with van der Waals surface area (Å²) in [4.78, 5) is 0. The summed E-state index contributed by atoms with van der Waals surface area (Å²) >= 11 is 0. The fourth-order valence-electron chi connectivity index (χ4n) is 1.32. The molecule has 0 heterocycles. The Labute approximate surface area is 96.5 Å².